The van der Waals surface area contributed by atoms with E-state index in [1.165, 1.54) is 17.4 Å². The molecule has 6 nitrogen and oxygen atoms in total. The van der Waals surface area contributed by atoms with E-state index in [0.29, 0.717) is 40.4 Å². The Labute approximate surface area is 193 Å². The highest BCUT2D eigenvalue weighted by molar-refractivity contribution is 7.18. The number of nitrogens with zero attached hydrogens (tertiary/aromatic N) is 2. The van der Waals surface area contributed by atoms with E-state index in [1.807, 2.05) is 13.8 Å². The van der Waals surface area contributed by atoms with Crippen LogP contribution in [0.3, 0.4) is 0 Å². The summed E-state index contributed by atoms with van der Waals surface area (Å²) in [4.78, 5) is 37.0. The number of thiophene rings is 1. The summed E-state index contributed by atoms with van der Waals surface area (Å²) in [6, 6.07) is 9.68. The number of rotatable bonds is 4. The van der Waals surface area contributed by atoms with Crippen LogP contribution in [0.4, 0.5) is 4.39 Å². The van der Waals surface area contributed by atoms with Crippen LogP contribution in [0.25, 0.3) is 33.2 Å². The molecule has 0 unspecified atom stereocenters. The maximum absolute atomic E-state index is 14.2. The monoisotopic (exact) mass is 463 g/mol. The molecule has 4 aromatic rings. The minimum Gasteiger partial charge on any atom is -0.457 e. The third-order valence-electron chi connectivity index (χ3n) is 5.97. The number of furan rings is 1. The second-order valence-electron chi connectivity index (χ2n) is 8.12. The second-order valence-corrected chi connectivity index (χ2v) is 9.32. The summed E-state index contributed by atoms with van der Waals surface area (Å²) >= 11 is 1.43. The van der Waals surface area contributed by atoms with Gasteiger partial charge >= 0.3 is 0 Å². The molecule has 3 aromatic heterocycles. The van der Waals surface area contributed by atoms with Gasteiger partial charge in [0.1, 0.15) is 28.0 Å². The first-order valence-electron chi connectivity index (χ1n) is 10.8. The van der Waals surface area contributed by atoms with Gasteiger partial charge in [-0.05, 0) is 62.6 Å². The maximum Gasteiger partial charge on any atom is 0.260 e. The van der Waals surface area contributed by atoms with Gasteiger partial charge in [0.15, 0.2) is 0 Å². The Morgan fingerprint density at radius 1 is 1.18 bits per heavy atom. The standard InChI is InChI=1S/C25H22FN3O3S/c1-14-15(2)33-24-21(14)23(30)27-22(28-24)18(25(31)29-11-5-6-12-29)13-16-9-10-20(32-16)17-7-3-4-8-19(17)26/h3-4,7-10,13H,5-6,11-12H2,1-2H3,(H,27,28,30)/b18-13+. The van der Waals surface area contributed by atoms with Crippen LogP contribution in [-0.4, -0.2) is 33.9 Å². The Balaban J connectivity index is 1.62. The number of carbonyl (C=O) groups is 1. The summed E-state index contributed by atoms with van der Waals surface area (Å²) in [7, 11) is 0. The maximum atomic E-state index is 14.2. The van der Waals surface area contributed by atoms with Gasteiger partial charge in [-0.2, -0.15) is 0 Å². The van der Waals surface area contributed by atoms with E-state index in [4.69, 9.17) is 4.42 Å². The predicted octanol–water partition coefficient (Wildman–Crippen LogP) is 5.16. The molecule has 33 heavy (non-hydrogen) atoms. The van der Waals surface area contributed by atoms with E-state index in [1.54, 1.807) is 41.3 Å². The van der Waals surface area contributed by atoms with E-state index in [-0.39, 0.29) is 22.9 Å². The Bertz CT molecular complexity index is 1460. The fourth-order valence-electron chi connectivity index (χ4n) is 4.08. The van der Waals surface area contributed by atoms with Crippen molar-refractivity contribution in [3.05, 3.63) is 74.6 Å². The zero-order valence-electron chi connectivity index (χ0n) is 18.3. The molecular formula is C25H22FN3O3S. The lowest BCUT2D eigenvalue weighted by Crippen LogP contribution is -2.29. The van der Waals surface area contributed by atoms with Gasteiger partial charge in [0.25, 0.3) is 11.5 Å². The Hall–Kier alpha value is -3.52. The van der Waals surface area contributed by atoms with Crippen LogP contribution in [0, 0.1) is 19.7 Å². The third kappa shape index (κ3) is 3.91. The number of likely N-dealkylation sites (tertiary alicyclic amines) is 1. The highest BCUT2D eigenvalue weighted by Crippen LogP contribution is 2.30. The highest BCUT2D eigenvalue weighted by Gasteiger charge is 2.26. The van der Waals surface area contributed by atoms with Crippen LogP contribution in [0.1, 0.15) is 34.9 Å². The summed E-state index contributed by atoms with van der Waals surface area (Å²) in [5, 5.41) is 0.550. The quantitative estimate of drug-likeness (QED) is 0.424. The molecule has 1 aromatic carbocycles. The molecule has 1 aliphatic heterocycles. The normalized spacial score (nSPS) is 14.4. The number of hydrogen-bond acceptors (Lipinski definition) is 5. The van der Waals surface area contributed by atoms with Crippen molar-refractivity contribution in [3.63, 3.8) is 0 Å². The topological polar surface area (TPSA) is 79.2 Å². The van der Waals surface area contributed by atoms with Crippen molar-refractivity contribution in [3.8, 4) is 11.3 Å². The molecule has 1 N–H and O–H groups in total. The third-order valence-corrected chi connectivity index (χ3v) is 7.07. The van der Waals surface area contributed by atoms with Crippen LogP contribution in [0.2, 0.25) is 0 Å². The molecule has 1 fully saturated rings. The van der Waals surface area contributed by atoms with Gasteiger partial charge in [-0.25, -0.2) is 9.37 Å². The summed E-state index contributed by atoms with van der Waals surface area (Å²) in [5.74, 6) is 0.319. The van der Waals surface area contributed by atoms with Gasteiger partial charge < -0.3 is 14.3 Å². The molecule has 1 saturated heterocycles. The summed E-state index contributed by atoms with van der Waals surface area (Å²) < 4.78 is 20.0. The van der Waals surface area contributed by atoms with Crippen molar-refractivity contribution in [1.82, 2.24) is 14.9 Å². The first-order chi connectivity index (χ1) is 15.9. The zero-order valence-corrected chi connectivity index (χ0v) is 19.1. The number of aromatic nitrogens is 2. The summed E-state index contributed by atoms with van der Waals surface area (Å²) in [6.07, 6.45) is 3.44. The first-order valence-corrected chi connectivity index (χ1v) is 11.6. The van der Waals surface area contributed by atoms with Gasteiger partial charge in [-0.15, -0.1) is 11.3 Å². The number of nitrogens with one attached hydrogen (secondary N) is 1. The average molecular weight is 464 g/mol. The van der Waals surface area contributed by atoms with Crippen LogP contribution in [0.5, 0.6) is 0 Å². The zero-order chi connectivity index (χ0) is 23.1. The van der Waals surface area contributed by atoms with Gasteiger partial charge in [-0.1, -0.05) is 12.1 Å². The molecule has 0 bridgehead atoms. The fourth-order valence-corrected chi connectivity index (χ4v) is 5.11. The van der Waals surface area contributed by atoms with Crippen molar-refractivity contribution < 1.29 is 13.6 Å². The summed E-state index contributed by atoms with van der Waals surface area (Å²) in [5.41, 5.74) is 1.20. The van der Waals surface area contributed by atoms with Crippen LogP contribution in [0.15, 0.2) is 45.6 Å². The number of aryl methyl sites for hydroxylation is 2. The SMILES string of the molecule is Cc1sc2nc(/C(=C\c3ccc(-c4ccccc4F)o3)C(=O)N3CCCC3)[nH]c(=O)c2c1C. The summed E-state index contributed by atoms with van der Waals surface area (Å²) in [6.45, 7) is 5.14. The molecule has 8 heteroatoms. The Morgan fingerprint density at radius 3 is 2.70 bits per heavy atom. The molecule has 4 heterocycles. The van der Waals surface area contributed by atoms with Gasteiger partial charge in [-0.3, -0.25) is 9.59 Å². The van der Waals surface area contributed by atoms with Gasteiger partial charge in [0, 0.05) is 18.0 Å². The highest BCUT2D eigenvalue weighted by atomic mass is 32.1. The molecule has 168 valence electrons. The van der Waals surface area contributed by atoms with E-state index in [9.17, 15) is 14.0 Å². The van der Waals surface area contributed by atoms with Crippen LogP contribution in [-0.2, 0) is 4.79 Å². The van der Waals surface area contributed by atoms with Crippen molar-refractivity contribution in [2.75, 3.05) is 13.1 Å². The van der Waals surface area contributed by atoms with E-state index < -0.39 is 5.82 Å². The number of amides is 1. The Kier molecular flexibility index (Phi) is 5.46. The van der Waals surface area contributed by atoms with Gasteiger partial charge in [0.2, 0.25) is 0 Å². The minimum atomic E-state index is -0.393. The number of fused-ring (bicyclic) bond motifs is 1. The second kappa shape index (κ2) is 8.44. The molecule has 0 aliphatic carbocycles. The lowest BCUT2D eigenvalue weighted by atomic mass is 10.1. The molecular weight excluding hydrogens is 441 g/mol. The molecule has 0 saturated carbocycles. The van der Waals surface area contributed by atoms with Crippen molar-refractivity contribution in [2.45, 2.75) is 26.7 Å². The van der Waals surface area contributed by atoms with Gasteiger partial charge in [0.05, 0.1) is 16.5 Å². The fraction of sp³-hybridized carbons (Fsp3) is 0.240. The number of aromatic amines is 1. The molecule has 0 spiro atoms. The number of benzene rings is 1. The minimum absolute atomic E-state index is 0.203. The molecule has 0 atom stereocenters. The van der Waals surface area contributed by atoms with Crippen molar-refractivity contribution in [2.24, 2.45) is 0 Å². The Morgan fingerprint density at radius 2 is 1.94 bits per heavy atom. The molecule has 5 rings (SSSR count). The molecule has 0 radical (unpaired) electrons. The lowest BCUT2D eigenvalue weighted by Gasteiger charge is -2.17. The number of carbonyl (C=O) groups excluding carboxylic acids is 1. The number of halogens is 1. The molecule has 1 amide bonds. The predicted molar refractivity (Wildman–Crippen MR) is 128 cm³/mol. The van der Waals surface area contributed by atoms with E-state index in [0.717, 1.165) is 23.3 Å². The first kappa shape index (κ1) is 21.3. The largest absolute Gasteiger partial charge is 0.457 e. The van der Waals surface area contributed by atoms with Crippen molar-refractivity contribution >= 4 is 39.1 Å². The van der Waals surface area contributed by atoms with Crippen molar-refractivity contribution in [1.29, 1.82) is 0 Å². The molecule has 1 aliphatic rings. The lowest BCUT2D eigenvalue weighted by molar-refractivity contribution is -0.123. The number of hydrogen-bond donors (Lipinski definition) is 1. The average Bonchev–Trinajstić information content (AvgIpc) is 3.54. The van der Waals surface area contributed by atoms with Crippen LogP contribution < -0.4 is 5.56 Å². The van der Waals surface area contributed by atoms with Crippen LogP contribution >= 0.6 is 11.3 Å². The van der Waals surface area contributed by atoms with E-state index in [2.05, 4.69) is 9.97 Å². The smallest absolute Gasteiger partial charge is 0.260 e. The van der Waals surface area contributed by atoms with E-state index >= 15 is 0 Å². The number of H-pyrrole nitrogens is 1.